The summed E-state index contributed by atoms with van der Waals surface area (Å²) in [6.45, 7) is 0.865. The molecule has 164 valence electrons. The Labute approximate surface area is 183 Å². The molecule has 2 aromatic carbocycles. The van der Waals surface area contributed by atoms with Gasteiger partial charge >= 0.3 is 6.18 Å². The maximum atomic E-state index is 13.2. The average molecular weight is 451 g/mol. The van der Waals surface area contributed by atoms with Crippen LogP contribution in [0.1, 0.15) is 40.2 Å². The first kappa shape index (κ1) is 21.7. The molecule has 1 heterocycles. The normalized spacial score (nSPS) is 21.2. The number of hydrogen-bond acceptors (Lipinski definition) is 2. The molecular formula is C23H22ClF3N2O2. The summed E-state index contributed by atoms with van der Waals surface area (Å²) in [4.78, 5) is 27.4. The van der Waals surface area contributed by atoms with Gasteiger partial charge in [0.05, 0.1) is 11.5 Å². The van der Waals surface area contributed by atoms with Gasteiger partial charge in [0.15, 0.2) is 0 Å². The molecule has 1 N–H and O–H groups in total. The van der Waals surface area contributed by atoms with Gasteiger partial charge in [-0.1, -0.05) is 35.9 Å². The van der Waals surface area contributed by atoms with E-state index in [1.807, 2.05) is 0 Å². The molecule has 4 rings (SSSR count). The van der Waals surface area contributed by atoms with Gasteiger partial charge in [-0.3, -0.25) is 9.59 Å². The molecule has 0 radical (unpaired) electrons. The van der Waals surface area contributed by atoms with Crippen molar-refractivity contribution >= 4 is 23.4 Å². The smallest absolute Gasteiger partial charge is 0.356 e. The predicted octanol–water partition coefficient (Wildman–Crippen LogP) is 4.74. The van der Waals surface area contributed by atoms with Crippen molar-refractivity contribution in [3.8, 4) is 0 Å². The molecule has 31 heavy (non-hydrogen) atoms. The number of hydrogen-bond donors (Lipinski definition) is 1. The van der Waals surface area contributed by atoms with Gasteiger partial charge in [-0.05, 0) is 48.6 Å². The first-order chi connectivity index (χ1) is 14.7. The topological polar surface area (TPSA) is 49.4 Å². The Kier molecular flexibility index (Phi) is 5.97. The minimum absolute atomic E-state index is 0.142. The number of rotatable bonds is 5. The van der Waals surface area contributed by atoms with Crippen LogP contribution in [0.3, 0.4) is 0 Å². The summed E-state index contributed by atoms with van der Waals surface area (Å²) in [7, 11) is 0. The number of benzene rings is 2. The number of carbonyl (C=O) groups is 2. The van der Waals surface area contributed by atoms with Gasteiger partial charge in [0.1, 0.15) is 0 Å². The Morgan fingerprint density at radius 1 is 1.06 bits per heavy atom. The third-order valence-corrected chi connectivity index (χ3v) is 6.15. The van der Waals surface area contributed by atoms with Crippen LogP contribution in [0.2, 0.25) is 5.02 Å². The van der Waals surface area contributed by atoms with Gasteiger partial charge in [0.25, 0.3) is 5.91 Å². The van der Waals surface area contributed by atoms with Crippen LogP contribution in [-0.4, -0.2) is 36.3 Å². The Balaban J connectivity index is 1.60. The van der Waals surface area contributed by atoms with E-state index in [9.17, 15) is 22.8 Å². The van der Waals surface area contributed by atoms with Crippen LogP contribution in [0.25, 0.3) is 0 Å². The first-order valence-corrected chi connectivity index (χ1v) is 10.6. The van der Waals surface area contributed by atoms with Crippen molar-refractivity contribution < 1.29 is 22.8 Å². The highest BCUT2D eigenvalue weighted by atomic mass is 35.5. The van der Waals surface area contributed by atoms with Gasteiger partial charge in [-0.25, -0.2) is 0 Å². The molecule has 0 unspecified atom stereocenters. The van der Waals surface area contributed by atoms with Gasteiger partial charge < -0.3 is 10.2 Å². The summed E-state index contributed by atoms with van der Waals surface area (Å²) >= 11 is 5.99. The Bertz CT molecular complexity index is 991. The zero-order valence-electron chi connectivity index (χ0n) is 16.7. The van der Waals surface area contributed by atoms with E-state index in [0.29, 0.717) is 28.6 Å². The summed E-state index contributed by atoms with van der Waals surface area (Å²) < 4.78 is 39.7. The number of halogens is 4. The van der Waals surface area contributed by atoms with Crippen LogP contribution in [0.15, 0.2) is 48.5 Å². The third kappa shape index (κ3) is 5.03. The fraction of sp³-hybridized carbons (Fsp3) is 0.391. The maximum Gasteiger partial charge on any atom is 0.416 e. The van der Waals surface area contributed by atoms with Crippen molar-refractivity contribution in [3.05, 3.63) is 70.2 Å². The van der Waals surface area contributed by atoms with E-state index in [0.717, 1.165) is 25.0 Å². The molecule has 2 aliphatic rings. The number of carbonyl (C=O) groups excluding carboxylic acids is 2. The molecule has 2 fully saturated rings. The van der Waals surface area contributed by atoms with Crippen molar-refractivity contribution in [2.75, 3.05) is 19.6 Å². The monoisotopic (exact) mass is 450 g/mol. The number of likely N-dealkylation sites (tertiary alicyclic amines) is 1. The molecular weight excluding hydrogens is 429 g/mol. The zero-order chi connectivity index (χ0) is 22.2. The van der Waals surface area contributed by atoms with Crippen molar-refractivity contribution in [1.82, 2.24) is 10.2 Å². The minimum Gasteiger partial charge on any atom is -0.356 e. The van der Waals surface area contributed by atoms with Crippen molar-refractivity contribution in [2.45, 2.75) is 24.9 Å². The fourth-order valence-electron chi connectivity index (χ4n) is 4.02. The van der Waals surface area contributed by atoms with E-state index in [4.69, 9.17) is 11.6 Å². The minimum atomic E-state index is -4.48. The van der Waals surface area contributed by atoms with E-state index in [1.165, 1.54) is 11.0 Å². The van der Waals surface area contributed by atoms with Crippen LogP contribution < -0.4 is 5.32 Å². The molecule has 1 aliphatic carbocycles. The van der Waals surface area contributed by atoms with Gasteiger partial charge in [-0.2, -0.15) is 13.2 Å². The second-order valence-corrected chi connectivity index (χ2v) is 8.68. The van der Waals surface area contributed by atoms with Crippen LogP contribution in [0.5, 0.6) is 0 Å². The van der Waals surface area contributed by atoms with E-state index >= 15 is 0 Å². The van der Waals surface area contributed by atoms with Crippen molar-refractivity contribution in [2.24, 2.45) is 11.8 Å². The molecule has 8 heteroatoms. The Morgan fingerprint density at radius 2 is 1.81 bits per heavy atom. The lowest BCUT2D eigenvalue weighted by atomic mass is 9.87. The molecule has 0 aromatic heterocycles. The lowest BCUT2D eigenvalue weighted by Crippen LogP contribution is -2.36. The highest BCUT2D eigenvalue weighted by Gasteiger charge is 2.42. The zero-order valence-corrected chi connectivity index (χ0v) is 17.4. The lowest BCUT2D eigenvalue weighted by Gasteiger charge is -2.19. The SMILES string of the molecule is O=C(NCC1CC1)[C@@H]1CN(C(=O)c2cccc(Cl)c2)C[C@H]1c1cccc(C(F)(F)F)c1. The van der Waals surface area contributed by atoms with Gasteiger partial charge in [0, 0.05) is 36.1 Å². The molecule has 1 saturated heterocycles. The van der Waals surface area contributed by atoms with Crippen LogP contribution >= 0.6 is 11.6 Å². The molecule has 0 bridgehead atoms. The number of amides is 2. The van der Waals surface area contributed by atoms with E-state index in [1.54, 1.807) is 30.3 Å². The van der Waals surface area contributed by atoms with Gasteiger partial charge in [0.2, 0.25) is 5.91 Å². The third-order valence-electron chi connectivity index (χ3n) is 5.92. The lowest BCUT2D eigenvalue weighted by molar-refractivity contribution is -0.137. The molecule has 2 atom stereocenters. The fourth-order valence-corrected chi connectivity index (χ4v) is 4.21. The summed E-state index contributed by atoms with van der Waals surface area (Å²) in [5.74, 6) is -1.19. The van der Waals surface area contributed by atoms with E-state index < -0.39 is 23.6 Å². The van der Waals surface area contributed by atoms with E-state index in [2.05, 4.69) is 5.32 Å². The summed E-state index contributed by atoms with van der Waals surface area (Å²) in [6, 6.07) is 11.5. The highest BCUT2D eigenvalue weighted by molar-refractivity contribution is 6.30. The summed E-state index contributed by atoms with van der Waals surface area (Å²) in [5, 5.41) is 3.33. The number of nitrogens with one attached hydrogen (secondary N) is 1. The molecule has 1 aliphatic heterocycles. The van der Waals surface area contributed by atoms with Crippen LogP contribution in [0, 0.1) is 11.8 Å². The number of alkyl halides is 3. The van der Waals surface area contributed by atoms with Crippen molar-refractivity contribution in [1.29, 1.82) is 0 Å². The van der Waals surface area contributed by atoms with Crippen molar-refractivity contribution in [3.63, 3.8) is 0 Å². The van der Waals surface area contributed by atoms with Crippen LogP contribution in [-0.2, 0) is 11.0 Å². The molecule has 2 aromatic rings. The molecule has 4 nitrogen and oxygen atoms in total. The standard InChI is InChI=1S/C23H22ClF3N2O2/c24-18-6-2-4-16(10-18)22(31)29-12-19(15-3-1-5-17(9-15)23(25,26)27)20(13-29)21(30)28-11-14-7-8-14/h1-6,9-10,14,19-20H,7-8,11-13H2,(H,28,30)/t19-,20+/m0/s1. The van der Waals surface area contributed by atoms with Crippen LogP contribution in [0.4, 0.5) is 13.2 Å². The largest absolute Gasteiger partial charge is 0.416 e. The molecule has 0 spiro atoms. The Hall–Kier alpha value is -2.54. The second-order valence-electron chi connectivity index (χ2n) is 8.25. The maximum absolute atomic E-state index is 13.2. The summed E-state index contributed by atoms with van der Waals surface area (Å²) in [6.07, 6.45) is -2.34. The average Bonchev–Trinajstić information content (AvgIpc) is 3.46. The van der Waals surface area contributed by atoms with Gasteiger partial charge in [-0.15, -0.1) is 0 Å². The molecule has 1 saturated carbocycles. The Morgan fingerprint density at radius 3 is 2.48 bits per heavy atom. The quantitative estimate of drug-likeness (QED) is 0.715. The second kappa shape index (κ2) is 8.54. The first-order valence-electron chi connectivity index (χ1n) is 10.2. The predicted molar refractivity (Wildman–Crippen MR) is 111 cm³/mol. The number of nitrogens with zero attached hydrogens (tertiary/aromatic N) is 1. The van der Waals surface area contributed by atoms with E-state index in [-0.39, 0.29) is 24.9 Å². The molecule has 2 amide bonds. The highest BCUT2D eigenvalue weighted by Crippen LogP contribution is 2.37. The summed E-state index contributed by atoms with van der Waals surface area (Å²) in [5.41, 5.74) is 0.0267.